The predicted molar refractivity (Wildman–Crippen MR) is 105 cm³/mol. The van der Waals surface area contributed by atoms with Gasteiger partial charge in [0.25, 0.3) is 0 Å². The van der Waals surface area contributed by atoms with Gasteiger partial charge in [0.05, 0.1) is 0 Å². The van der Waals surface area contributed by atoms with Crippen LogP contribution in [-0.4, -0.2) is 6.04 Å². The lowest BCUT2D eigenvalue weighted by molar-refractivity contribution is 0.290. The molecule has 1 heteroatoms. The standard InChI is InChI=1S/C22H43N/c1-6-18(3)16-17-21(7-2)13-11-12-19(4)23-20(5)22-14-9-8-10-15-22/h18,20-23H,4,6-17H2,1-3,5H3. The lowest BCUT2D eigenvalue weighted by atomic mass is 9.84. The van der Waals surface area contributed by atoms with Gasteiger partial charge in [0.2, 0.25) is 0 Å². The highest BCUT2D eigenvalue weighted by Crippen LogP contribution is 2.27. The van der Waals surface area contributed by atoms with Crippen molar-refractivity contribution in [1.82, 2.24) is 5.32 Å². The van der Waals surface area contributed by atoms with E-state index in [2.05, 4.69) is 39.6 Å². The quantitative estimate of drug-likeness (QED) is 0.405. The van der Waals surface area contributed by atoms with Crippen molar-refractivity contribution in [2.75, 3.05) is 0 Å². The Bertz CT molecular complexity index is 303. The van der Waals surface area contributed by atoms with E-state index in [4.69, 9.17) is 0 Å². The summed E-state index contributed by atoms with van der Waals surface area (Å²) in [6, 6.07) is 0.621. The maximum absolute atomic E-state index is 4.29. The lowest BCUT2D eigenvalue weighted by Crippen LogP contribution is -2.33. The van der Waals surface area contributed by atoms with Crippen molar-refractivity contribution in [3.63, 3.8) is 0 Å². The maximum Gasteiger partial charge on any atom is 0.0258 e. The number of hydrogen-bond donors (Lipinski definition) is 1. The molecule has 0 bridgehead atoms. The summed E-state index contributed by atoms with van der Waals surface area (Å²) < 4.78 is 0. The van der Waals surface area contributed by atoms with Gasteiger partial charge in [0.15, 0.2) is 0 Å². The van der Waals surface area contributed by atoms with Crippen molar-refractivity contribution >= 4 is 0 Å². The summed E-state index contributed by atoms with van der Waals surface area (Å²) in [5.41, 5.74) is 1.28. The van der Waals surface area contributed by atoms with Crippen LogP contribution in [0.2, 0.25) is 0 Å². The molecule has 1 rings (SSSR count). The van der Waals surface area contributed by atoms with Crippen molar-refractivity contribution in [2.24, 2.45) is 17.8 Å². The average Bonchev–Trinajstić information content (AvgIpc) is 2.58. The molecule has 1 fully saturated rings. The first-order valence-corrected chi connectivity index (χ1v) is 10.5. The SMILES string of the molecule is C=C(CCCC(CC)CCC(C)CC)NC(C)C1CCCCC1. The Morgan fingerprint density at radius 3 is 2.30 bits per heavy atom. The van der Waals surface area contributed by atoms with Crippen molar-refractivity contribution in [3.05, 3.63) is 12.3 Å². The van der Waals surface area contributed by atoms with E-state index < -0.39 is 0 Å². The zero-order chi connectivity index (χ0) is 17.1. The molecule has 0 aliphatic heterocycles. The zero-order valence-electron chi connectivity index (χ0n) is 16.5. The minimum atomic E-state index is 0.621. The minimum Gasteiger partial charge on any atom is -0.386 e. The molecule has 3 unspecified atom stereocenters. The van der Waals surface area contributed by atoms with E-state index in [1.807, 2.05) is 0 Å². The minimum absolute atomic E-state index is 0.621. The normalized spacial score (nSPS) is 20.0. The molecule has 1 aliphatic carbocycles. The van der Waals surface area contributed by atoms with Crippen molar-refractivity contribution < 1.29 is 0 Å². The van der Waals surface area contributed by atoms with Gasteiger partial charge in [-0.05, 0) is 50.4 Å². The third-order valence-corrected chi connectivity index (χ3v) is 6.22. The Kier molecular flexibility index (Phi) is 10.7. The smallest absolute Gasteiger partial charge is 0.0258 e. The van der Waals surface area contributed by atoms with Gasteiger partial charge in [-0.15, -0.1) is 0 Å². The van der Waals surface area contributed by atoms with Gasteiger partial charge in [-0.25, -0.2) is 0 Å². The van der Waals surface area contributed by atoms with E-state index in [1.165, 1.54) is 76.3 Å². The molecule has 1 N–H and O–H groups in total. The molecule has 0 spiro atoms. The van der Waals surface area contributed by atoms with E-state index in [1.54, 1.807) is 0 Å². The second kappa shape index (κ2) is 12.0. The number of allylic oxidation sites excluding steroid dienone is 1. The summed E-state index contributed by atoms with van der Waals surface area (Å²) in [4.78, 5) is 0. The third kappa shape index (κ3) is 8.82. The second-order valence-electron chi connectivity index (χ2n) is 8.19. The van der Waals surface area contributed by atoms with Crippen LogP contribution in [0, 0.1) is 17.8 Å². The first kappa shape index (κ1) is 20.6. The van der Waals surface area contributed by atoms with Gasteiger partial charge in [0, 0.05) is 11.7 Å². The van der Waals surface area contributed by atoms with Crippen LogP contribution < -0.4 is 5.32 Å². The molecule has 0 aromatic heterocycles. The van der Waals surface area contributed by atoms with Crippen molar-refractivity contribution in [3.8, 4) is 0 Å². The Morgan fingerprint density at radius 1 is 1.00 bits per heavy atom. The van der Waals surface area contributed by atoms with Crippen LogP contribution in [0.4, 0.5) is 0 Å². The zero-order valence-corrected chi connectivity index (χ0v) is 16.5. The van der Waals surface area contributed by atoms with E-state index in [9.17, 15) is 0 Å². The fourth-order valence-corrected chi connectivity index (χ4v) is 4.03. The number of rotatable bonds is 12. The third-order valence-electron chi connectivity index (χ3n) is 6.22. The Balaban J connectivity index is 2.16. The fourth-order valence-electron chi connectivity index (χ4n) is 4.03. The van der Waals surface area contributed by atoms with Crippen LogP contribution in [-0.2, 0) is 0 Å². The Morgan fingerprint density at radius 2 is 1.70 bits per heavy atom. The van der Waals surface area contributed by atoms with E-state index in [0.29, 0.717) is 6.04 Å². The van der Waals surface area contributed by atoms with Gasteiger partial charge < -0.3 is 5.32 Å². The highest BCUT2D eigenvalue weighted by atomic mass is 14.9. The summed E-state index contributed by atoms with van der Waals surface area (Å²) in [5, 5.41) is 3.71. The number of nitrogens with one attached hydrogen (secondary N) is 1. The van der Waals surface area contributed by atoms with Gasteiger partial charge in [-0.3, -0.25) is 0 Å². The second-order valence-corrected chi connectivity index (χ2v) is 8.19. The molecule has 23 heavy (non-hydrogen) atoms. The molecule has 0 radical (unpaired) electrons. The Labute approximate surface area is 146 Å². The maximum atomic E-state index is 4.29. The topological polar surface area (TPSA) is 12.0 Å². The van der Waals surface area contributed by atoms with Crippen LogP contribution in [0.3, 0.4) is 0 Å². The van der Waals surface area contributed by atoms with E-state index in [-0.39, 0.29) is 0 Å². The molecule has 1 saturated carbocycles. The molecule has 0 aromatic carbocycles. The lowest BCUT2D eigenvalue weighted by Gasteiger charge is -2.29. The van der Waals surface area contributed by atoms with Gasteiger partial charge in [-0.1, -0.05) is 78.7 Å². The van der Waals surface area contributed by atoms with Gasteiger partial charge in [0.1, 0.15) is 0 Å². The summed E-state index contributed by atoms with van der Waals surface area (Å²) in [5.74, 6) is 2.70. The summed E-state index contributed by atoms with van der Waals surface area (Å²) in [6.07, 6.45) is 16.5. The first-order chi connectivity index (χ1) is 11.1. The summed E-state index contributed by atoms with van der Waals surface area (Å²) in [6.45, 7) is 13.7. The molecule has 1 nitrogen and oxygen atoms in total. The van der Waals surface area contributed by atoms with Crippen molar-refractivity contribution in [2.45, 2.75) is 111 Å². The van der Waals surface area contributed by atoms with Crippen molar-refractivity contribution in [1.29, 1.82) is 0 Å². The molecule has 0 saturated heterocycles. The molecule has 0 amide bonds. The molecule has 136 valence electrons. The largest absolute Gasteiger partial charge is 0.386 e. The van der Waals surface area contributed by atoms with Crippen LogP contribution in [0.1, 0.15) is 105 Å². The van der Waals surface area contributed by atoms with E-state index >= 15 is 0 Å². The van der Waals surface area contributed by atoms with Gasteiger partial charge >= 0.3 is 0 Å². The van der Waals surface area contributed by atoms with Crippen LogP contribution in [0.25, 0.3) is 0 Å². The molecule has 0 aromatic rings. The average molecular weight is 322 g/mol. The fraction of sp³-hybridized carbons (Fsp3) is 0.909. The monoisotopic (exact) mass is 321 g/mol. The van der Waals surface area contributed by atoms with Crippen LogP contribution >= 0.6 is 0 Å². The summed E-state index contributed by atoms with van der Waals surface area (Å²) in [7, 11) is 0. The summed E-state index contributed by atoms with van der Waals surface area (Å²) >= 11 is 0. The van der Waals surface area contributed by atoms with Crippen LogP contribution in [0.5, 0.6) is 0 Å². The molecule has 0 heterocycles. The van der Waals surface area contributed by atoms with Crippen LogP contribution in [0.15, 0.2) is 12.3 Å². The Hall–Kier alpha value is -0.460. The first-order valence-electron chi connectivity index (χ1n) is 10.5. The predicted octanol–water partition coefficient (Wildman–Crippen LogP) is 7.08. The van der Waals surface area contributed by atoms with E-state index in [0.717, 1.165) is 24.2 Å². The molecule has 3 atom stereocenters. The highest BCUT2D eigenvalue weighted by Gasteiger charge is 2.20. The molecular weight excluding hydrogens is 278 g/mol. The number of hydrogen-bond acceptors (Lipinski definition) is 1. The highest BCUT2D eigenvalue weighted by molar-refractivity contribution is 4.94. The van der Waals surface area contributed by atoms with Gasteiger partial charge in [-0.2, -0.15) is 0 Å². The molecule has 1 aliphatic rings. The molecular formula is C22H43N.